The number of ether oxygens (including phenoxy) is 2. The van der Waals surface area contributed by atoms with Gasteiger partial charge in [0.25, 0.3) is 0 Å². The molecule has 0 aliphatic carbocycles. The Balaban J connectivity index is 1.97. The van der Waals surface area contributed by atoms with Crippen molar-refractivity contribution < 1.29 is 19.2 Å². The highest BCUT2D eigenvalue weighted by Crippen LogP contribution is 2.29. The lowest BCUT2D eigenvalue weighted by Gasteiger charge is -2.24. The Kier molecular flexibility index (Phi) is 4.54. The van der Waals surface area contributed by atoms with Gasteiger partial charge in [-0.2, -0.15) is 0 Å². The number of hydrogen-bond donors (Lipinski definition) is 0. The fourth-order valence-electron chi connectivity index (χ4n) is 2.20. The van der Waals surface area contributed by atoms with E-state index in [1.807, 2.05) is 20.8 Å². The molecule has 0 unspecified atom stereocenters. The van der Waals surface area contributed by atoms with Crippen LogP contribution >= 0.6 is 0 Å². The number of nitro groups is 1. The highest BCUT2D eigenvalue weighted by atomic mass is 16.6. The minimum Gasteiger partial charge on any atom is -0.482 e. The summed E-state index contributed by atoms with van der Waals surface area (Å²) >= 11 is 0. The van der Waals surface area contributed by atoms with E-state index >= 15 is 0 Å². The molecule has 0 aromatic heterocycles. The van der Waals surface area contributed by atoms with Crippen molar-refractivity contribution in [3.8, 4) is 5.75 Å². The lowest BCUT2D eigenvalue weighted by atomic mass is 10.2. The molecular weight excluding hydrogens is 288 g/mol. The molecule has 120 valence electrons. The van der Waals surface area contributed by atoms with Crippen molar-refractivity contribution in [2.24, 2.45) is 0 Å². The fourth-order valence-corrected chi connectivity index (χ4v) is 2.20. The van der Waals surface area contributed by atoms with Crippen LogP contribution in [0.2, 0.25) is 0 Å². The van der Waals surface area contributed by atoms with E-state index in [0.29, 0.717) is 19.5 Å². The molecule has 1 aromatic carbocycles. The summed E-state index contributed by atoms with van der Waals surface area (Å²) in [7, 11) is 0. The Bertz CT molecular complexity index is 567. The molecule has 1 aromatic rings. The van der Waals surface area contributed by atoms with Crippen LogP contribution in [0.5, 0.6) is 5.75 Å². The average Bonchev–Trinajstić information content (AvgIpc) is 2.86. The summed E-state index contributed by atoms with van der Waals surface area (Å²) in [6.45, 7) is 6.30. The van der Waals surface area contributed by atoms with Crippen LogP contribution in [0.25, 0.3) is 0 Å². The molecule has 0 spiro atoms. The third-order valence-corrected chi connectivity index (χ3v) is 3.15. The van der Waals surface area contributed by atoms with Crippen LogP contribution in [0.15, 0.2) is 24.3 Å². The minimum atomic E-state index is -0.547. The number of rotatable bonds is 3. The van der Waals surface area contributed by atoms with E-state index in [1.165, 1.54) is 6.07 Å². The average molecular weight is 308 g/mol. The molecule has 0 bridgehead atoms. The fraction of sp³-hybridized carbons (Fsp3) is 0.533. The Labute approximate surface area is 129 Å². The summed E-state index contributed by atoms with van der Waals surface area (Å²) in [5, 5.41) is 11.0. The summed E-state index contributed by atoms with van der Waals surface area (Å²) in [6, 6.07) is 6.24. The molecule has 1 saturated heterocycles. The van der Waals surface area contributed by atoms with Crippen LogP contribution < -0.4 is 4.74 Å². The first-order valence-electron chi connectivity index (χ1n) is 7.14. The third-order valence-electron chi connectivity index (χ3n) is 3.15. The number of likely N-dealkylation sites (tertiary alicyclic amines) is 1. The predicted octanol–water partition coefficient (Wildman–Crippen LogP) is 2.98. The van der Waals surface area contributed by atoms with Crippen molar-refractivity contribution in [2.45, 2.75) is 38.9 Å². The number of para-hydroxylation sites is 2. The van der Waals surface area contributed by atoms with Crippen LogP contribution in [-0.4, -0.2) is 40.7 Å². The second-order valence-corrected chi connectivity index (χ2v) is 6.18. The SMILES string of the molecule is CC(C)(C)OC(=O)N1CC[C@@H](Oc2ccccc2[N+](=O)[O-])C1. The number of hydrogen-bond acceptors (Lipinski definition) is 5. The van der Waals surface area contributed by atoms with Crippen LogP contribution in [0.4, 0.5) is 10.5 Å². The van der Waals surface area contributed by atoms with Crippen molar-refractivity contribution in [1.82, 2.24) is 4.90 Å². The molecule has 0 N–H and O–H groups in total. The van der Waals surface area contributed by atoms with Gasteiger partial charge in [-0.15, -0.1) is 0 Å². The van der Waals surface area contributed by atoms with Gasteiger partial charge in [-0.25, -0.2) is 4.79 Å². The molecule has 1 aliphatic heterocycles. The highest BCUT2D eigenvalue weighted by molar-refractivity contribution is 5.68. The molecule has 2 rings (SSSR count). The Morgan fingerprint density at radius 2 is 2.05 bits per heavy atom. The molecule has 7 heteroatoms. The van der Waals surface area contributed by atoms with Crippen LogP contribution in [-0.2, 0) is 4.74 Å². The molecule has 1 heterocycles. The van der Waals surface area contributed by atoms with E-state index in [1.54, 1.807) is 23.1 Å². The number of benzene rings is 1. The highest BCUT2D eigenvalue weighted by Gasteiger charge is 2.31. The van der Waals surface area contributed by atoms with Gasteiger partial charge in [0.2, 0.25) is 0 Å². The zero-order valence-corrected chi connectivity index (χ0v) is 12.9. The van der Waals surface area contributed by atoms with Crippen molar-refractivity contribution in [3.05, 3.63) is 34.4 Å². The van der Waals surface area contributed by atoms with Crippen LogP contribution in [0, 0.1) is 10.1 Å². The number of amides is 1. The molecule has 22 heavy (non-hydrogen) atoms. The van der Waals surface area contributed by atoms with Crippen molar-refractivity contribution in [3.63, 3.8) is 0 Å². The van der Waals surface area contributed by atoms with E-state index in [0.717, 1.165) is 0 Å². The van der Waals surface area contributed by atoms with Gasteiger partial charge in [-0.05, 0) is 26.8 Å². The lowest BCUT2D eigenvalue weighted by Crippen LogP contribution is -2.36. The smallest absolute Gasteiger partial charge is 0.410 e. The molecule has 1 fully saturated rings. The Morgan fingerprint density at radius 1 is 1.36 bits per heavy atom. The standard InChI is InChI=1S/C15H20N2O5/c1-15(2,3)22-14(18)16-9-8-11(10-16)21-13-7-5-4-6-12(13)17(19)20/h4-7,11H,8-10H2,1-3H3/t11-/m1/s1. The Morgan fingerprint density at radius 3 is 2.68 bits per heavy atom. The van der Waals surface area contributed by atoms with Gasteiger partial charge in [0.1, 0.15) is 11.7 Å². The molecule has 0 saturated carbocycles. The zero-order chi connectivity index (χ0) is 16.3. The summed E-state index contributed by atoms with van der Waals surface area (Å²) < 4.78 is 11.0. The molecule has 1 atom stereocenters. The molecule has 1 amide bonds. The largest absolute Gasteiger partial charge is 0.482 e. The summed E-state index contributed by atoms with van der Waals surface area (Å²) in [6.07, 6.45) is -0.0413. The first kappa shape index (κ1) is 16.1. The van der Waals surface area contributed by atoms with E-state index in [-0.39, 0.29) is 23.6 Å². The Hall–Kier alpha value is -2.31. The monoisotopic (exact) mass is 308 g/mol. The third kappa shape index (κ3) is 4.09. The summed E-state index contributed by atoms with van der Waals surface area (Å²) in [5.41, 5.74) is -0.618. The number of nitrogens with zero attached hydrogens (tertiary/aromatic N) is 2. The first-order chi connectivity index (χ1) is 10.3. The predicted molar refractivity (Wildman–Crippen MR) is 79.9 cm³/mol. The van der Waals surface area contributed by atoms with E-state index in [2.05, 4.69) is 0 Å². The van der Waals surface area contributed by atoms with E-state index in [9.17, 15) is 14.9 Å². The summed E-state index contributed by atoms with van der Waals surface area (Å²) in [5.74, 6) is 0.225. The van der Waals surface area contributed by atoms with Gasteiger partial charge in [-0.3, -0.25) is 10.1 Å². The van der Waals surface area contributed by atoms with Crippen molar-refractivity contribution in [1.29, 1.82) is 0 Å². The molecule has 1 aliphatic rings. The van der Waals surface area contributed by atoms with E-state index < -0.39 is 10.5 Å². The zero-order valence-electron chi connectivity index (χ0n) is 12.9. The van der Waals surface area contributed by atoms with Gasteiger partial charge in [-0.1, -0.05) is 12.1 Å². The first-order valence-corrected chi connectivity index (χ1v) is 7.14. The van der Waals surface area contributed by atoms with E-state index in [4.69, 9.17) is 9.47 Å². The number of nitro benzene ring substituents is 1. The van der Waals surface area contributed by atoms with Crippen molar-refractivity contribution >= 4 is 11.8 Å². The molecular formula is C15H20N2O5. The summed E-state index contributed by atoms with van der Waals surface area (Å²) in [4.78, 5) is 24.0. The van der Waals surface area contributed by atoms with Gasteiger partial charge in [0.15, 0.2) is 5.75 Å². The normalized spacial score (nSPS) is 18.1. The minimum absolute atomic E-state index is 0.0711. The van der Waals surface area contributed by atoms with Gasteiger partial charge < -0.3 is 14.4 Å². The number of carbonyl (C=O) groups is 1. The van der Waals surface area contributed by atoms with Gasteiger partial charge in [0, 0.05) is 19.0 Å². The quantitative estimate of drug-likeness (QED) is 0.633. The van der Waals surface area contributed by atoms with Gasteiger partial charge >= 0.3 is 11.8 Å². The lowest BCUT2D eigenvalue weighted by molar-refractivity contribution is -0.386. The molecule has 0 radical (unpaired) electrons. The topological polar surface area (TPSA) is 81.9 Å². The second-order valence-electron chi connectivity index (χ2n) is 6.18. The van der Waals surface area contributed by atoms with Crippen LogP contribution in [0.1, 0.15) is 27.2 Å². The van der Waals surface area contributed by atoms with Crippen LogP contribution in [0.3, 0.4) is 0 Å². The van der Waals surface area contributed by atoms with Crippen molar-refractivity contribution in [2.75, 3.05) is 13.1 Å². The maximum atomic E-state index is 12.0. The van der Waals surface area contributed by atoms with Gasteiger partial charge in [0.05, 0.1) is 11.5 Å². The maximum absolute atomic E-state index is 12.0. The second kappa shape index (κ2) is 6.21. The molecule has 7 nitrogen and oxygen atoms in total. The number of carbonyl (C=O) groups excluding carboxylic acids is 1. The maximum Gasteiger partial charge on any atom is 0.410 e.